The van der Waals surface area contributed by atoms with Gasteiger partial charge in [-0.05, 0) is 12.1 Å². The number of hydrogen-bond acceptors (Lipinski definition) is 3. The Bertz CT molecular complexity index is 723. The molecule has 0 saturated carbocycles. The van der Waals surface area contributed by atoms with Crippen molar-refractivity contribution in [3.05, 3.63) is 51.5 Å². The molecule has 0 spiro atoms. The molecule has 0 fully saturated rings. The second-order valence-electron chi connectivity index (χ2n) is 3.87. The maximum atomic E-state index is 13.4. The van der Waals surface area contributed by atoms with E-state index < -0.39 is 29.0 Å². The highest BCUT2D eigenvalue weighted by Gasteiger charge is 2.16. The summed E-state index contributed by atoms with van der Waals surface area (Å²) in [6, 6.07) is 4.05. The number of benzene rings is 1. The molecule has 0 aliphatic carbocycles. The molecule has 1 aromatic carbocycles. The Labute approximate surface area is 122 Å². The van der Waals surface area contributed by atoms with Crippen LogP contribution in [0.2, 0.25) is 0 Å². The Morgan fingerprint density at radius 2 is 1.90 bits per heavy atom. The van der Waals surface area contributed by atoms with Crippen LogP contribution in [0.4, 0.5) is 18.9 Å². The van der Waals surface area contributed by atoms with Crippen molar-refractivity contribution in [1.29, 1.82) is 0 Å². The molecule has 0 unspecified atom stereocenters. The van der Waals surface area contributed by atoms with E-state index in [0.717, 1.165) is 11.3 Å². The topological polar surface area (TPSA) is 55.1 Å². The summed E-state index contributed by atoms with van der Waals surface area (Å²) in [6.07, 6.45) is 0. The molecule has 21 heavy (non-hydrogen) atoms. The van der Waals surface area contributed by atoms with Gasteiger partial charge >= 0.3 is 0 Å². The fourth-order valence-electron chi connectivity index (χ4n) is 1.50. The first-order chi connectivity index (χ1) is 10.0. The summed E-state index contributed by atoms with van der Waals surface area (Å²) in [7, 11) is 0. The molecule has 1 aromatic heterocycles. The van der Waals surface area contributed by atoms with E-state index >= 15 is 0 Å². The Morgan fingerprint density at radius 3 is 2.52 bits per heavy atom. The largest absolute Gasteiger partial charge is 0.320 e. The number of thiophene rings is 1. The van der Waals surface area contributed by atoms with E-state index in [1.54, 1.807) is 6.07 Å². The van der Waals surface area contributed by atoms with Crippen LogP contribution in [0, 0.1) is 29.3 Å². The van der Waals surface area contributed by atoms with Gasteiger partial charge in [-0.3, -0.25) is 4.79 Å². The number of halogens is 3. The molecule has 2 aromatic rings. The van der Waals surface area contributed by atoms with Crippen LogP contribution in [-0.4, -0.2) is 12.5 Å². The Balaban J connectivity index is 2.20. The van der Waals surface area contributed by atoms with Gasteiger partial charge in [-0.1, -0.05) is 11.8 Å². The van der Waals surface area contributed by atoms with Gasteiger partial charge in [0, 0.05) is 12.1 Å². The van der Waals surface area contributed by atoms with Crippen molar-refractivity contribution < 1.29 is 18.0 Å². The lowest BCUT2D eigenvalue weighted by molar-refractivity contribution is 0.102. The molecule has 2 rings (SSSR count). The minimum absolute atomic E-state index is 0.186. The summed E-state index contributed by atoms with van der Waals surface area (Å²) in [5, 5.41) is 2.07. The molecule has 0 bridgehead atoms. The maximum Gasteiger partial charge on any atom is 0.265 e. The van der Waals surface area contributed by atoms with Gasteiger partial charge in [0.1, 0.15) is 11.5 Å². The number of amides is 1. The second kappa shape index (κ2) is 6.43. The van der Waals surface area contributed by atoms with Crippen LogP contribution in [-0.2, 0) is 0 Å². The zero-order valence-electron chi connectivity index (χ0n) is 10.5. The first-order valence-electron chi connectivity index (χ1n) is 5.76. The van der Waals surface area contributed by atoms with Gasteiger partial charge in [0.15, 0.2) is 11.6 Å². The normalized spacial score (nSPS) is 9.90. The third-order valence-electron chi connectivity index (χ3n) is 2.39. The lowest BCUT2D eigenvalue weighted by Crippen LogP contribution is -2.13. The number of anilines is 1. The maximum absolute atomic E-state index is 13.4. The number of carbonyl (C=O) groups is 1. The highest BCUT2D eigenvalue weighted by molar-refractivity contribution is 7.14. The molecule has 1 heterocycles. The molecular weight excluding hydrogens is 301 g/mol. The molecule has 0 aliphatic rings. The molecule has 0 saturated heterocycles. The van der Waals surface area contributed by atoms with Crippen LogP contribution in [0.5, 0.6) is 0 Å². The van der Waals surface area contributed by atoms with Crippen molar-refractivity contribution in [2.45, 2.75) is 0 Å². The summed E-state index contributed by atoms with van der Waals surface area (Å²) < 4.78 is 39.6. The molecule has 3 nitrogen and oxygen atoms in total. The van der Waals surface area contributed by atoms with Gasteiger partial charge in [-0.15, -0.1) is 11.3 Å². The van der Waals surface area contributed by atoms with Crippen molar-refractivity contribution in [1.82, 2.24) is 0 Å². The summed E-state index contributed by atoms with van der Waals surface area (Å²) in [5.74, 6) is 1.24. The zero-order valence-corrected chi connectivity index (χ0v) is 11.4. The monoisotopic (exact) mass is 310 g/mol. The van der Waals surface area contributed by atoms with Gasteiger partial charge in [0.05, 0.1) is 16.3 Å². The standard InChI is InChI=1S/C14H9F3N2OS/c15-8-6-10(16)13(11(17)7-8)19-14(20)12-4-3-9(21-12)2-1-5-18/h3-4,6-7H,5,18H2,(H,19,20). The van der Waals surface area contributed by atoms with E-state index in [0.29, 0.717) is 17.0 Å². The van der Waals surface area contributed by atoms with E-state index in [9.17, 15) is 18.0 Å². The van der Waals surface area contributed by atoms with Crippen LogP contribution in [0.25, 0.3) is 0 Å². The number of carbonyl (C=O) groups excluding carboxylic acids is 1. The number of rotatable bonds is 2. The molecule has 0 radical (unpaired) electrons. The SMILES string of the molecule is NCC#Cc1ccc(C(=O)Nc2c(F)cc(F)cc2F)s1. The first-order valence-corrected chi connectivity index (χ1v) is 6.57. The van der Waals surface area contributed by atoms with E-state index in [-0.39, 0.29) is 11.4 Å². The number of nitrogens with two attached hydrogens (primary N) is 1. The smallest absolute Gasteiger partial charge is 0.265 e. The third kappa shape index (κ3) is 3.62. The summed E-state index contributed by atoms with van der Waals surface area (Å²) in [6.45, 7) is 0.186. The molecule has 0 atom stereocenters. The average Bonchev–Trinajstić information content (AvgIpc) is 2.89. The second-order valence-corrected chi connectivity index (χ2v) is 4.95. The molecular formula is C14H9F3N2OS. The van der Waals surface area contributed by atoms with Crippen molar-refractivity contribution in [3.63, 3.8) is 0 Å². The lowest BCUT2D eigenvalue weighted by Gasteiger charge is -2.06. The Kier molecular flexibility index (Phi) is 4.62. The van der Waals surface area contributed by atoms with E-state index in [1.165, 1.54) is 6.07 Å². The predicted octanol–water partition coefficient (Wildman–Crippen LogP) is 2.73. The Morgan fingerprint density at radius 1 is 1.24 bits per heavy atom. The molecule has 108 valence electrons. The van der Waals surface area contributed by atoms with Crippen LogP contribution >= 0.6 is 11.3 Å². The van der Waals surface area contributed by atoms with Crippen LogP contribution in [0.3, 0.4) is 0 Å². The molecule has 1 amide bonds. The fraction of sp³-hybridized carbons (Fsp3) is 0.0714. The van der Waals surface area contributed by atoms with Gasteiger partial charge in [0.25, 0.3) is 5.91 Å². The van der Waals surface area contributed by atoms with Gasteiger partial charge < -0.3 is 11.1 Å². The van der Waals surface area contributed by atoms with Crippen molar-refractivity contribution in [2.24, 2.45) is 5.73 Å². The zero-order chi connectivity index (χ0) is 15.4. The number of nitrogens with one attached hydrogen (secondary N) is 1. The number of hydrogen-bond donors (Lipinski definition) is 2. The lowest BCUT2D eigenvalue weighted by atomic mass is 10.2. The van der Waals surface area contributed by atoms with Crippen LogP contribution in [0.15, 0.2) is 24.3 Å². The molecule has 0 aliphatic heterocycles. The highest BCUT2D eigenvalue weighted by atomic mass is 32.1. The van der Waals surface area contributed by atoms with Gasteiger partial charge in [-0.25, -0.2) is 13.2 Å². The van der Waals surface area contributed by atoms with Crippen molar-refractivity contribution in [3.8, 4) is 11.8 Å². The summed E-state index contributed by atoms with van der Waals surface area (Å²) in [5.41, 5.74) is 4.54. The van der Waals surface area contributed by atoms with Crippen molar-refractivity contribution >= 4 is 22.9 Å². The van der Waals surface area contributed by atoms with Crippen LogP contribution < -0.4 is 11.1 Å². The predicted molar refractivity (Wildman–Crippen MR) is 74.5 cm³/mol. The van der Waals surface area contributed by atoms with Crippen molar-refractivity contribution in [2.75, 3.05) is 11.9 Å². The Hall–Kier alpha value is -2.30. The van der Waals surface area contributed by atoms with Crippen LogP contribution in [0.1, 0.15) is 14.5 Å². The van der Waals surface area contributed by atoms with E-state index in [1.807, 2.05) is 0 Å². The molecule has 3 N–H and O–H groups in total. The highest BCUT2D eigenvalue weighted by Crippen LogP contribution is 2.22. The van der Waals surface area contributed by atoms with E-state index in [4.69, 9.17) is 5.73 Å². The van der Waals surface area contributed by atoms with Gasteiger partial charge in [0.2, 0.25) is 0 Å². The average molecular weight is 310 g/mol. The minimum atomic E-state index is -1.18. The minimum Gasteiger partial charge on any atom is -0.320 e. The first kappa shape index (κ1) is 15.1. The summed E-state index contributed by atoms with van der Waals surface area (Å²) >= 11 is 1.05. The fourth-order valence-corrected chi connectivity index (χ4v) is 2.28. The molecule has 7 heteroatoms. The van der Waals surface area contributed by atoms with Gasteiger partial charge in [-0.2, -0.15) is 0 Å². The third-order valence-corrected chi connectivity index (χ3v) is 3.39. The summed E-state index contributed by atoms with van der Waals surface area (Å²) in [4.78, 5) is 12.7. The van der Waals surface area contributed by atoms with E-state index in [2.05, 4.69) is 17.2 Å². The quantitative estimate of drug-likeness (QED) is 0.838.